The Morgan fingerprint density at radius 1 is 1.24 bits per heavy atom. The molecular formula is C10H11N5O2. The molecule has 0 spiro atoms. The molecule has 0 saturated heterocycles. The molecule has 7 heteroatoms. The van der Waals surface area contributed by atoms with Gasteiger partial charge in [-0.15, -0.1) is 0 Å². The van der Waals surface area contributed by atoms with Crippen LogP contribution in [0.2, 0.25) is 0 Å². The van der Waals surface area contributed by atoms with Gasteiger partial charge in [0, 0.05) is 11.1 Å². The minimum absolute atomic E-state index is 0.0559. The highest BCUT2D eigenvalue weighted by Gasteiger charge is 2.10. The molecule has 7 N–H and O–H groups in total. The smallest absolute Gasteiger partial charge is 0.307 e. The summed E-state index contributed by atoms with van der Waals surface area (Å²) in [6.45, 7) is 0. The van der Waals surface area contributed by atoms with Crippen LogP contribution in [0.4, 0.5) is 17.5 Å². The predicted octanol–water partition coefficient (Wildman–Crippen LogP) is 0.00350. The fraction of sp³-hybridized carbons (Fsp3) is 0.100. The molecule has 0 aliphatic heterocycles. The van der Waals surface area contributed by atoms with E-state index in [4.69, 9.17) is 22.3 Å². The third-order valence-electron chi connectivity index (χ3n) is 2.35. The first-order valence-corrected chi connectivity index (χ1v) is 4.80. The molecule has 1 heterocycles. The molecule has 1 aromatic carbocycles. The molecule has 0 aliphatic rings. The van der Waals surface area contributed by atoms with Gasteiger partial charge in [0.05, 0.1) is 11.9 Å². The Bertz CT molecular complexity index is 611. The molecule has 0 fully saturated rings. The van der Waals surface area contributed by atoms with Crippen LogP contribution in [0.5, 0.6) is 0 Å². The van der Waals surface area contributed by atoms with E-state index in [1.54, 1.807) is 12.1 Å². The highest BCUT2D eigenvalue weighted by molar-refractivity contribution is 5.93. The first-order valence-electron chi connectivity index (χ1n) is 4.80. The quantitative estimate of drug-likeness (QED) is 0.535. The van der Waals surface area contributed by atoms with E-state index in [0.717, 1.165) is 0 Å². The first-order chi connectivity index (χ1) is 7.97. The topological polar surface area (TPSA) is 141 Å². The van der Waals surface area contributed by atoms with E-state index in [1.807, 2.05) is 0 Å². The molecule has 88 valence electrons. The SMILES string of the molecule is Nc1nc(N)c2cc(CC(=O)O)c(N)cc2n1. The van der Waals surface area contributed by atoms with Gasteiger partial charge in [0.15, 0.2) is 0 Å². The molecule has 0 bridgehead atoms. The van der Waals surface area contributed by atoms with E-state index in [0.29, 0.717) is 22.2 Å². The van der Waals surface area contributed by atoms with Crippen molar-refractivity contribution in [3.63, 3.8) is 0 Å². The number of nitrogens with zero attached hydrogens (tertiary/aromatic N) is 2. The second kappa shape index (κ2) is 3.78. The number of aliphatic carboxylic acids is 1. The van der Waals surface area contributed by atoms with Crippen molar-refractivity contribution in [1.29, 1.82) is 0 Å². The van der Waals surface area contributed by atoms with Gasteiger partial charge in [-0.25, -0.2) is 4.98 Å². The molecule has 0 saturated carbocycles. The Kier molecular flexibility index (Phi) is 2.43. The monoisotopic (exact) mass is 233 g/mol. The van der Waals surface area contributed by atoms with E-state index in [2.05, 4.69) is 9.97 Å². The van der Waals surface area contributed by atoms with Crippen molar-refractivity contribution < 1.29 is 9.90 Å². The predicted molar refractivity (Wildman–Crippen MR) is 64.1 cm³/mol. The normalized spacial score (nSPS) is 10.6. The Morgan fingerprint density at radius 2 is 1.94 bits per heavy atom. The maximum absolute atomic E-state index is 10.7. The average Bonchev–Trinajstić information content (AvgIpc) is 2.19. The van der Waals surface area contributed by atoms with Crippen molar-refractivity contribution in [3.05, 3.63) is 17.7 Å². The standard InChI is InChI=1S/C10H11N5O2/c11-6-3-7-5(1-4(6)2-8(16)17)9(12)15-10(13)14-7/h1,3H,2,11H2,(H,16,17)(H4,12,13,14,15). The van der Waals surface area contributed by atoms with Crippen LogP contribution in [-0.2, 0) is 11.2 Å². The van der Waals surface area contributed by atoms with E-state index in [1.165, 1.54) is 0 Å². The summed E-state index contributed by atoms with van der Waals surface area (Å²) >= 11 is 0. The summed E-state index contributed by atoms with van der Waals surface area (Å²) < 4.78 is 0. The number of aromatic nitrogens is 2. The van der Waals surface area contributed by atoms with Crippen molar-refractivity contribution in [2.75, 3.05) is 17.2 Å². The van der Waals surface area contributed by atoms with Crippen molar-refractivity contribution >= 4 is 34.3 Å². The zero-order valence-electron chi connectivity index (χ0n) is 8.84. The van der Waals surface area contributed by atoms with E-state index in [9.17, 15) is 4.79 Å². The number of nitrogen functional groups attached to an aromatic ring is 3. The number of anilines is 3. The van der Waals surface area contributed by atoms with Crippen LogP contribution in [-0.4, -0.2) is 21.0 Å². The number of fused-ring (bicyclic) bond motifs is 1. The molecule has 7 nitrogen and oxygen atoms in total. The lowest BCUT2D eigenvalue weighted by Gasteiger charge is -2.07. The average molecular weight is 233 g/mol. The second-order valence-corrected chi connectivity index (χ2v) is 3.61. The Hall–Kier alpha value is -2.57. The zero-order chi connectivity index (χ0) is 12.6. The number of carbonyl (C=O) groups is 1. The van der Waals surface area contributed by atoms with Crippen LogP contribution in [0, 0.1) is 0 Å². The van der Waals surface area contributed by atoms with Gasteiger partial charge in [0.1, 0.15) is 5.82 Å². The molecule has 2 rings (SSSR count). The third kappa shape index (κ3) is 2.03. The van der Waals surface area contributed by atoms with Crippen LogP contribution in [0.3, 0.4) is 0 Å². The van der Waals surface area contributed by atoms with Gasteiger partial charge in [0.2, 0.25) is 5.95 Å². The van der Waals surface area contributed by atoms with Gasteiger partial charge in [-0.2, -0.15) is 4.98 Å². The number of benzene rings is 1. The lowest BCUT2D eigenvalue weighted by Crippen LogP contribution is -2.06. The van der Waals surface area contributed by atoms with Gasteiger partial charge < -0.3 is 22.3 Å². The fourth-order valence-corrected chi connectivity index (χ4v) is 1.59. The minimum atomic E-state index is -0.967. The first kappa shape index (κ1) is 10.9. The summed E-state index contributed by atoms with van der Waals surface area (Å²) in [6.07, 6.45) is -0.175. The number of hydrogen-bond acceptors (Lipinski definition) is 6. The van der Waals surface area contributed by atoms with Crippen molar-refractivity contribution in [3.8, 4) is 0 Å². The lowest BCUT2D eigenvalue weighted by atomic mass is 10.1. The molecule has 0 radical (unpaired) electrons. The van der Waals surface area contributed by atoms with Crippen LogP contribution >= 0.6 is 0 Å². The summed E-state index contributed by atoms with van der Waals surface area (Å²) in [6, 6.07) is 3.12. The minimum Gasteiger partial charge on any atom is -0.481 e. The highest BCUT2D eigenvalue weighted by Crippen LogP contribution is 2.25. The van der Waals surface area contributed by atoms with E-state index >= 15 is 0 Å². The highest BCUT2D eigenvalue weighted by atomic mass is 16.4. The van der Waals surface area contributed by atoms with Gasteiger partial charge in [-0.1, -0.05) is 0 Å². The Balaban J connectivity index is 2.67. The number of rotatable bonds is 2. The summed E-state index contributed by atoms with van der Waals surface area (Å²) in [5, 5.41) is 9.28. The maximum Gasteiger partial charge on any atom is 0.307 e. The molecule has 0 unspecified atom stereocenters. The zero-order valence-corrected chi connectivity index (χ0v) is 8.84. The van der Waals surface area contributed by atoms with Crippen LogP contribution < -0.4 is 17.2 Å². The van der Waals surface area contributed by atoms with Gasteiger partial charge in [-0.05, 0) is 17.7 Å². The number of carboxylic acids is 1. The van der Waals surface area contributed by atoms with Gasteiger partial charge in [0.25, 0.3) is 0 Å². The van der Waals surface area contributed by atoms with Gasteiger partial charge >= 0.3 is 5.97 Å². The lowest BCUT2D eigenvalue weighted by molar-refractivity contribution is -0.136. The van der Waals surface area contributed by atoms with Crippen LogP contribution in [0.25, 0.3) is 10.9 Å². The van der Waals surface area contributed by atoms with Crippen LogP contribution in [0.15, 0.2) is 12.1 Å². The number of nitrogens with two attached hydrogens (primary N) is 3. The molecule has 17 heavy (non-hydrogen) atoms. The van der Waals surface area contributed by atoms with Crippen molar-refractivity contribution in [2.24, 2.45) is 0 Å². The van der Waals surface area contributed by atoms with Gasteiger partial charge in [-0.3, -0.25) is 4.79 Å². The Morgan fingerprint density at radius 3 is 2.59 bits per heavy atom. The molecule has 1 aromatic heterocycles. The number of carboxylic acid groups (broad SMARTS) is 1. The molecular weight excluding hydrogens is 222 g/mol. The maximum atomic E-state index is 10.7. The molecule has 0 aliphatic carbocycles. The fourth-order valence-electron chi connectivity index (χ4n) is 1.59. The molecule has 0 amide bonds. The van der Waals surface area contributed by atoms with Crippen molar-refractivity contribution in [1.82, 2.24) is 9.97 Å². The summed E-state index contributed by atoms with van der Waals surface area (Å²) in [5.74, 6) is -0.703. The van der Waals surface area contributed by atoms with E-state index in [-0.39, 0.29) is 18.2 Å². The van der Waals surface area contributed by atoms with Crippen LogP contribution in [0.1, 0.15) is 5.56 Å². The Labute approximate surface area is 96.3 Å². The summed E-state index contributed by atoms with van der Waals surface area (Å²) in [4.78, 5) is 18.4. The summed E-state index contributed by atoms with van der Waals surface area (Å²) in [5.41, 5.74) is 18.2. The molecule has 2 aromatic rings. The number of hydrogen-bond donors (Lipinski definition) is 4. The molecule has 0 atom stereocenters. The van der Waals surface area contributed by atoms with E-state index < -0.39 is 5.97 Å². The van der Waals surface area contributed by atoms with Crippen molar-refractivity contribution in [2.45, 2.75) is 6.42 Å². The third-order valence-corrected chi connectivity index (χ3v) is 2.35. The second-order valence-electron chi connectivity index (χ2n) is 3.61. The summed E-state index contributed by atoms with van der Waals surface area (Å²) in [7, 11) is 0. The largest absolute Gasteiger partial charge is 0.481 e.